The highest BCUT2D eigenvalue weighted by atomic mass is 16.5. The molecule has 0 atom stereocenters. The van der Waals surface area contributed by atoms with E-state index in [4.69, 9.17) is 14.2 Å². The van der Waals surface area contributed by atoms with E-state index in [1.165, 1.54) is 10.1 Å². The van der Waals surface area contributed by atoms with Crippen LogP contribution in [0.2, 0.25) is 0 Å². The molecule has 0 spiro atoms. The van der Waals surface area contributed by atoms with Gasteiger partial charge in [0.1, 0.15) is 11.6 Å². The number of rotatable bonds is 10. The number of methoxy groups -OCH3 is 1. The molecular weight excluding hydrogens is 510 g/mol. The summed E-state index contributed by atoms with van der Waals surface area (Å²) in [5, 5.41) is 6.29. The van der Waals surface area contributed by atoms with E-state index in [0.717, 1.165) is 18.5 Å². The molecule has 2 aromatic heterocycles. The van der Waals surface area contributed by atoms with Gasteiger partial charge >= 0.3 is 6.03 Å². The molecule has 0 saturated carbocycles. The van der Waals surface area contributed by atoms with E-state index in [1.807, 2.05) is 36.4 Å². The van der Waals surface area contributed by atoms with Gasteiger partial charge in [-0.3, -0.25) is 9.36 Å². The zero-order valence-electron chi connectivity index (χ0n) is 22.8. The maximum Gasteiger partial charge on any atom is 0.325 e. The summed E-state index contributed by atoms with van der Waals surface area (Å²) in [6.45, 7) is 3.04. The number of hydrogen-bond donors (Lipinski definition) is 2. The average molecular weight is 544 g/mol. The Morgan fingerprint density at radius 1 is 1.02 bits per heavy atom. The highest BCUT2D eigenvalue weighted by molar-refractivity contribution is 6.03. The van der Waals surface area contributed by atoms with E-state index in [2.05, 4.69) is 27.6 Å². The highest BCUT2D eigenvalue weighted by Crippen LogP contribution is 2.37. The number of carbonyl (C=O) groups excluding carboxylic acids is 2. The summed E-state index contributed by atoms with van der Waals surface area (Å²) < 4.78 is 18.9. The molecule has 2 amide bonds. The second kappa shape index (κ2) is 12.2. The number of nitrogens with zero attached hydrogens (tertiary/aromatic N) is 3. The maximum atomic E-state index is 12.9. The number of pyridine rings is 1. The van der Waals surface area contributed by atoms with Gasteiger partial charge in [0, 0.05) is 81.7 Å². The summed E-state index contributed by atoms with van der Waals surface area (Å²) in [5.41, 5.74) is 2.49. The molecule has 40 heavy (non-hydrogen) atoms. The van der Waals surface area contributed by atoms with Crippen molar-refractivity contribution in [3.05, 3.63) is 78.1 Å². The lowest BCUT2D eigenvalue weighted by atomic mass is 9.91. The lowest BCUT2D eigenvalue weighted by Crippen LogP contribution is -2.41. The lowest BCUT2D eigenvalue weighted by Gasteiger charge is -2.36. The molecule has 208 valence electrons. The fourth-order valence-electron chi connectivity index (χ4n) is 4.69. The maximum absolute atomic E-state index is 12.9. The summed E-state index contributed by atoms with van der Waals surface area (Å²) in [5.74, 6) is 2.06. The van der Waals surface area contributed by atoms with Crippen molar-refractivity contribution in [1.82, 2.24) is 19.8 Å². The molecule has 1 saturated heterocycles. The molecule has 0 unspecified atom stereocenters. The minimum atomic E-state index is -0.256. The van der Waals surface area contributed by atoms with Gasteiger partial charge in [-0.2, -0.15) is 0 Å². The molecule has 4 aromatic rings. The number of hydrogen-bond acceptors (Lipinski definition) is 7. The molecule has 10 heteroatoms. The number of likely N-dealkylation sites (tertiary alicyclic amines) is 1. The molecule has 0 aliphatic carbocycles. The number of aromatic nitrogens is 2. The summed E-state index contributed by atoms with van der Waals surface area (Å²) >= 11 is 0. The van der Waals surface area contributed by atoms with E-state index in [-0.39, 0.29) is 11.9 Å². The fourth-order valence-corrected chi connectivity index (χ4v) is 4.69. The van der Waals surface area contributed by atoms with Gasteiger partial charge in [0.25, 0.3) is 5.91 Å². The first-order chi connectivity index (χ1) is 19.4. The van der Waals surface area contributed by atoms with Gasteiger partial charge in [0.15, 0.2) is 11.5 Å². The number of fused-ring (bicyclic) bond motifs is 1. The van der Waals surface area contributed by atoms with Gasteiger partial charge in [-0.25, -0.2) is 9.78 Å². The van der Waals surface area contributed by atoms with E-state index >= 15 is 0 Å². The van der Waals surface area contributed by atoms with Crippen molar-refractivity contribution in [2.45, 2.75) is 12.3 Å². The number of anilines is 1. The summed E-state index contributed by atoms with van der Waals surface area (Å²) in [4.78, 5) is 31.7. The molecule has 2 aromatic carbocycles. The predicted octanol–water partition coefficient (Wildman–Crippen LogP) is 4.71. The number of carbonyl (C=O) groups is 2. The molecule has 0 bridgehead atoms. The second-order valence-corrected chi connectivity index (χ2v) is 9.77. The smallest absolute Gasteiger partial charge is 0.325 e. The Kier molecular flexibility index (Phi) is 8.28. The molecule has 1 aliphatic heterocycles. The van der Waals surface area contributed by atoms with E-state index in [1.54, 1.807) is 44.8 Å². The van der Waals surface area contributed by atoms with Crippen molar-refractivity contribution in [1.29, 1.82) is 0 Å². The van der Waals surface area contributed by atoms with Crippen LogP contribution in [-0.4, -0.2) is 73.9 Å². The Labute approximate surface area is 232 Å². The van der Waals surface area contributed by atoms with E-state index in [0.29, 0.717) is 59.7 Å². The van der Waals surface area contributed by atoms with Gasteiger partial charge < -0.3 is 29.7 Å². The van der Waals surface area contributed by atoms with Gasteiger partial charge in [-0.15, -0.1) is 0 Å². The number of benzene rings is 2. The third-order valence-electron chi connectivity index (χ3n) is 6.85. The van der Waals surface area contributed by atoms with Crippen molar-refractivity contribution in [3.8, 4) is 17.2 Å². The van der Waals surface area contributed by atoms with Crippen LogP contribution in [0.3, 0.4) is 0 Å². The molecule has 2 N–H and O–H groups in total. The van der Waals surface area contributed by atoms with Crippen molar-refractivity contribution >= 4 is 28.7 Å². The minimum absolute atomic E-state index is 0.249. The lowest BCUT2D eigenvalue weighted by molar-refractivity contribution is 0.102. The number of amides is 2. The first-order valence-corrected chi connectivity index (χ1v) is 13.2. The quantitative estimate of drug-likeness (QED) is 0.279. The number of likely N-dealkylation sites (N-methyl/N-ethyl adjacent to an activating group) is 1. The van der Waals surface area contributed by atoms with Crippen molar-refractivity contribution in [2.24, 2.45) is 0 Å². The molecule has 10 nitrogen and oxygen atoms in total. The van der Waals surface area contributed by atoms with Crippen molar-refractivity contribution in [2.75, 3.05) is 52.8 Å². The summed E-state index contributed by atoms with van der Waals surface area (Å²) in [6.07, 6.45) is 3.95. The standard InChI is InChI=1S/C30H33N5O5/c1-31-30(37)35-12-10-22-15-27(26(17-25(22)35)39-14-4-13-38-3)40-24-9-11-32-28(16-24)33-29(36)21-7-5-20(6-8-21)23-18-34(2)19-23/h5-12,15-17,23H,4,13-14,18-19H2,1-3H3,(H,31,37)(H,32,33,36). The molecular formula is C30H33N5O5. The van der Waals surface area contributed by atoms with Gasteiger partial charge in [-0.05, 0) is 42.9 Å². The van der Waals surface area contributed by atoms with Gasteiger partial charge in [-0.1, -0.05) is 12.1 Å². The van der Waals surface area contributed by atoms with Crippen LogP contribution in [0, 0.1) is 0 Å². The second-order valence-electron chi connectivity index (χ2n) is 9.77. The van der Waals surface area contributed by atoms with Crippen LogP contribution in [0.15, 0.2) is 67.0 Å². The van der Waals surface area contributed by atoms with Crippen molar-refractivity contribution in [3.63, 3.8) is 0 Å². The van der Waals surface area contributed by atoms with E-state index < -0.39 is 0 Å². The van der Waals surface area contributed by atoms with Crippen LogP contribution in [0.5, 0.6) is 17.2 Å². The van der Waals surface area contributed by atoms with Crippen LogP contribution in [-0.2, 0) is 4.74 Å². The Morgan fingerprint density at radius 2 is 1.82 bits per heavy atom. The third kappa shape index (κ3) is 6.08. The van der Waals surface area contributed by atoms with Gasteiger partial charge in [0.2, 0.25) is 0 Å². The third-order valence-corrected chi connectivity index (χ3v) is 6.85. The fraction of sp³-hybridized carbons (Fsp3) is 0.300. The zero-order chi connectivity index (χ0) is 28.1. The molecule has 1 fully saturated rings. The zero-order valence-corrected chi connectivity index (χ0v) is 22.8. The Bertz CT molecular complexity index is 1490. The molecule has 1 aliphatic rings. The summed E-state index contributed by atoms with van der Waals surface area (Å²) in [6, 6.07) is 16.3. The molecule has 5 rings (SSSR count). The average Bonchev–Trinajstić information content (AvgIpc) is 3.36. The molecule has 3 heterocycles. The SMILES string of the molecule is CNC(=O)n1ccc2cc(Oc3ccnc(NC(=O)c4ccc(C5CN(C)C5)cc4)c3)c(OCCCOC)cc21. The monoisotopic (exact) mass is 543 g/mol. The van der Waals surface area contributed by atoms with Gasteiger partial charge in [0.05, 0.1) is 12.1 Å². The van der Waals surface area contributed by atoms with Crippen LogP contribution in [0.1, 0.15) is 28.3 Å². The summed E-state index contributed by atoms with van der Waals surface area (Å²) in [7, 11) is 5.32. The highest BCUT2D eigenvalue weighted by Gasteiger charge is 2.24. The largest absolute Gasteiger partial charge is 0.490 e. The number of ether oxygens (including phenoxy) is 3. The van der Waals surface area contributed by atoms with Crippen LogP contribution in [0.4, 0.5) is 10.6 Å². The number of nitrogens with one attached hydrogen (secondary N) is 2. The predicted molar refractivity (Wildman–Crippen MR) is 153 cm³/mol. The van der Waals surface area contributed by atoms with Crippen molar-refractivity contribution < 1.29 is 23.8 Å². The molecule has 0 radical (unpaired) electrons. The minimum Gasteiger partial charge on any atom is -0.490 e. The Balaban J connectivity index is 1.33. The normalized spacial score (nSPS) is 13.6. The van der Waals surface area contributed by atoms with Crippen LogP contribution < -0.4 is 20.1 Å². The first kappa shape index (κ1) is 27.2. The topological polar surface area (TPSA) is 107 Å². The first-order valence-electron chi connectivity index (χ1n) is 13.2. The van der Waals surface area contributed by atoms with Crippen LogP contribution in [0.25, 0.3) is 10.9 Å². The van der Waals surface area contributed by atoms with E-state index in [9.17, 15) is 9.59 Å². The Hall–Kier alpha value is -4.41. The Morgan fingerprint density at radius 3 is 2.55 bits per heavy atom. The van der Waals surface area contributed by atoms with Crippen LogP contribution >= 0.6 is 0 Å².